The summed E-state index contributed by atoms with van der Waals surface area (Å²) in [7, 11) is 0. The van der Waals surface area contributed by atoms with Gasteiger partial charge in [0.2, 0.25) is 0 Å². The molecule has 5 atom stereocenters. The third-order valence-electron chi connectivity index (χ3n) is 5.86. The smallest absolute Gasteiger partial charge is 0.0940 e. The summed E-state index contributed by atoms with van der Waals surface area (Å²) in [6.07, 6.45) is 4.65. The summed E-state index contributed by atoms with van der Waals surface area (Å²) >= 11 is 0. The summed E-state index contributed by atoms with van der Waals surface area (Å²) in [6.45, 7) is 9.85. The van der Waals surface area contributed by atoms with Gasteiger partial charge in [0.15, 0.2) is 0 Å². The second kappa shape index (κ2) is 2.75. The van der Waals surface area contributed by atoms with E-state index in [2.05, 4.69) is 20.8 Å². The summed E-state index contributed by atoms with van der Waals surface area (Å²) in [5.74, 6) is 3.42. The molecule has 0 unspecified atom stereocenters. The molecule has 4 rings (SSSR count). The number of rotatable bonds is 4. The fourth-order valence-corrected chi connectivity index (χ4v) is 5.30. The molecule has 1 nitrogen and oxygen atoms in total. The van der Waals surface area contributed by atoms with Crippen LogP contribution in [0, 0.1) is 23.2 Å². The van der Waals surface area contributed by atoms with Crippen molar-refractivity contribution in [2.75, 3.05) is 13.1 Å². The first-order valence-electron chi connectivity index (χ1n) is 6.63. The molecule has 0 aromatic heterocycles. The fourth-order valence-electron chi connectivity index (χ4n) is 5.30. The number of hydrogen-bond acceptors (Lipinski definition) is 0. The molecule has 0 saturated heterocycles. The van der Waals surface area contributed by atoms with Gasteiger partial charge in [0.1, 0.15) is 0 Å². The highest BCUT2D eigenvalue weighted by Gasteiger charge is 2.80. The Kier molecular flexibility index (Phi) is 1.81. The van der Waals surface area contributed by atoms with Gasteiger partial charge in [0.25, 0.3) is 0 Å². The first-order valence-corrected chi connectivity index (χ1v) is 6.63. The summed E-state index contributed by atoms with van der Waals surface area (Å²) in [5, 5.41) is 0. The Bertz CT molecular complexity index is 246. The maximum Gasteiger partial charge on any atom is 0.0940 e. The second-order valence-electron chi connectivity index (χ2n) is 5.81. The molecule has 14 heavy (non-hydrogen) atoms. The molecule has 4 fully saturated rings. The lowest BCUT2D eigenvalue weighted by molar-refractivity contribution is -0.926. The molecule has 4 aliphatic rings. The van der Waals surface area contributed by atoms with Crippen LogP contribution in [0.5, 0.6) is 0 Å². The van der Waals surface area contributed by atoms with Gasteiger partial charge in [-0.15, -0.1) is 0 Å². The van der Waals surface area contributed by atoms with Crippen LogP contribution in [0.4, 0.5) is 0 Å². The summed E-state index contributed by atoms with van der Waals surface area (Å²) in [5.41, 5.74) is 0.866. The average molecular weight is 194 g/mol. The second-order valence-corrected chi connectivity index (χ2v) is 5.81. The van der Waals surface area contributed by atoms with E-state index in [0.29, 0.717) is 0 Å². The highest BCUT2D eigenvalue weighted by Crippen LogP contribution is 2.79. The van der Waals surface area contributed by atoms with Crippen molar-refractivity contribution in [2.45, 2.75) is 46.1 Å². The van der Waals surface area contributed by atoms with Gasteiger partial charge < -0.3 is 4.90 Å². The molecule has 0 heterocycles. The third-order valence-corrected chi connectivity index (χ3v) is 5.86. The Labute approximate surface area is 87.9 Å². The largest absolute Gasteiger partial charge is 0.332 e. The molecule has 0 aromatic carbocycles. The van der Waals surface area contributed by atoms with Crippen LogP contribution in [-0.4, -0.2) is 19.1 Å². The summed E-state index contributed by atoms with van der Waals surface area (Å²) < 4.78 is 0. The van der Waals surface area contributed by atoms with Crippen LogP contribution < -0.4 is 4.90 Å². The maximum atomic E-state index is 2.43. The van der Waals surface area contributed by atoms with Crippen molar-refractivity contribution >= 4 is 0 Å². The minimum atomic E-state index is 0.866. The molecular formula is C13H24N+. The third kappa shape index (κ3) is 0.816. The molecule has 1 N–H and O–H groups in total. The minimum Gasteiger partial charge on any atom is -0.332 e. The number of quaternary nitrogens is 1. The van der Waals surface area contributed by atoms with E-state index in [4.69, 9.17) is 0 Å². The van der Waals surface area contributed by atoms with E-state index in [1.165, 1.54) is 19.5 Å². The maximum absolute atomic E-state index is 2.43. The van der Waals surface area contributed by atoms with E-state index < -0.39 is 0 Å². The van der Waals surface area contributed by atoms with E-state index in [0.717, 1.165) is 29.2 Å². The Hall–Kier alpha value is -0.0400. The van der Waals surface area contributed by atoms with Gasteiger partial charge in [-0.25, -0.2) is 0 Å². The standard InChI is InChI=1S/C13H23N/c1-4-13-8-9-7-10(13)11(13)12(9)14(5-2)6-3/h9-12H,4-8H2,1-3H3/p+1/t9-,10+,11-,12+,13+/m0/s1. The van der Waals surface area contributed by atoms with Crippen LogP contribution >= 0.6 is 0 Å². The molecule has 4 saturated carbocycles. The number of nitrogens with one attached hydrogen (secondary N) is 1. The summed E-state index contributed by atoms with van der Waals surface area (Å²) in [4.78, 5) is 1.90. The molecule has 0 amide bonds. The van der Waals surface area contributed by atoms with Crippen LogP contribution in [0.25, 0.3) is 0 Å². The van der Waals surface area contributed by atoms with Crippen molar-refractivity contribution in [3.05, 3.63) is 0 Å². The Morgan fingerprint density at radius 2 is 1.93 bits per heavy atom. The lowest BCUT2D eigenvalue weighted by Crippen LogP contribution is -3.16. The van der Waals surface area contributed by atoms with E-state index in [-0.39, 0.29) is 0 Å². The molecule has 0 aromatic rings. The van der Waals surface area contributed by atoms with Gasteiger partial charge >= 0.3 is 0 Å². The van der Waals surface area contributed by atoms with Crippen molar-refractivity contribution in [2.24, 2.45) is 23.2 Å². The van der Waals surface area contributed by atoms with Crippen molar-refractivity contribution < 1.29 is 4.90 Å². The molecule has 0 aliphatic heterocycles. The van der Waals surface area contributed by atoms with Crippen LogP contribution in [0.15, 0.2) is 0 Å². The molecule has 1 heteroatoms. The normalized spacial score (nSPS) is 53.1. The van der Waals surface area contributed by atoms with Gasteiger partial charge in [-0.2, -0.15) is 0 Å². The molecule has 0 radical (unpaired) electrons. The van der Waals surface area contributed by atoms with Gasteiger partial charge in [0, 0.05) is 11.8 Å². The highest BCUT2D eigenvalue weighted by atomic mass is 15.2. The minimum absolute atomic E-state index is 0.866. The molecule has 0 spiro atoms. The fraction of sp³-hybridized carbons (Fsp3) is 1.00. The first-order chi connectivity index (χ1) is 6.78. The monoisotopic (exact) mass is 194 g/mol. The van der Waals surface area contributed by atoms with Crippen LogP contribution in [-0.2, 0) is 0 Å². The van der Waals surface area contributed by atoms with Gasteiger partial charge in [-0.1, -0.05) is 6.92 Å². The predicted molar refractivity (Wildman–Crippen MR) is 58.3 cm³/mol. The van der Waals surface area contributed by atoms with E-state index in [1.54, 1.807) is 12.8 Å². The lowest BCUT2D eigenvalue weighted by Gasteiger charge is -2.26. The lowest BCUT2D eigenvalue weighted by atomic mass is 10.0. The van der Waals surface area contributed by atoms with E-state index >= 15 is 0 Å². The Balaban J connectivity index is 1.81. The van der Waals surface area contributed by atoms with Crippen molar-refractivity contribution in [3.8, 4) is 0 Å². The van der Waals surface area contributed by atoms with Gasteiger partial charge in [0.05, 0.1) is 19.1 Å². The van der Waals surface area contributed by atoms with Crippen molar-refractivity contribution in [3.63, 3.8) is 0 Å². The van der Waals surface area contributed by atoms with Gasteiger partial charge in [-0.3, -0.25) is 0 Å². The Morgan fingerprint density at radius 1 is 1.21 bits per heavy atom. The van der Waals surface area contributed by atoms with Crippen LogP contribution in [0.2, 0.25) is 0 Å². The molecule has 80 valence electrons. The van der Waals surface area contributed by atoms with Crippen LogP contribution in [0.3, 0.4) is 0 Å². The topological polar surface area (TPSA) is 4.44 Å². The predicted octanol–water partition coefficient (Wildman–Crippen LogP) is 1.35. The summed E-state index contributed by atoms with van der Waals surface area (Å²) in [6, 6.07) is 1.06. The Morgan fingerprint density at radius 3 is 2.36 bits per heavy atom. The zero-order valence-electron chi connectivity index (χ0n) is 9.84. The van der Waals surface area contributed by atoms with E-state index in [9.17, 15) is 0 Å². The quantitative estimate of drug-likeness (QED) is 0.689. The van der Waals surface area contributed by atoms with Crippen LogP contribution in [0.1, 0.15) is 40.0 Å². The highest BCUT2D eigenvalue weighted by molar-refractivity contribution is 5.25. The SMILES string of the molecule is CC[NH+](CC)[C@@H]1[C@H]2C[C@@H]3[C@@H]1[C@]3(CC)C2. The first kappa shape index (κ1) is 9.21. The van der Waals surface area contributed by atoms with Gasteiger partial charge in [-0.05, 0) is 44.4 Å². The van der Waals surface area contributed by atoms with E-state index in [1.807, 2.05) is 4.90 Å². The zero-order chi connectivity index (χ0) is 9.92. The van der Waals surface area contributed by atoms with Crippen molar-refractivity contribution in [1.29, 1.82) is 0 Å². The van der Waals surface area contributed by atoms with Crippen molar-refractivity contribution in [1.82, 2.24) is 0 Å². The number of hydrogen-bond donors (Lipinski definition) is 1. The molecule has 4 bridgehead atoms. The average Bonchev–Trinajstić information content (AvgIpc) is 2.65. The molecular weight excluding hydrogens is 170 g/mol. The zero-order valence-corrected chi connectivity index (χ0v) is 9.84. The molecule has 4 aliphatic carbocycles.